The molecule has 1 fully saturated rings. The second-order valence-electron chi connectivity index (χ2n) is 8.17. The molecular formula is C26H31N3O3S. The third-order valence-electron chi connectivity index (χ3n) is 5.57. The van der Waals surface area contributed by atoms with Gasteiger partial charge in [0.1, 0.15) is 11.8 Å². The first-order valence-corrected chi connectivity index (χ1v) is 11.6. The number of thiocarbonyl (C=S) groups is 1. The summed E-state index contributed by atoms with van der Waals surface area (Å²) in [7, 11) is 0. The summed E-state index contributed by atoms with van der Waals surface area (Å²) >= 11 is 5.63. The van der Waals surface area contributed by atoms with Gasteiger partial charge in [0.2, 0.25) is 5.91 Å². The third kappa shape index (κ3) is 5.79. The first-order chi connectivity index (χ1) is 15.8. The van der Waals surface area contributed by atoms with Gasteiger partial charge in [-0.05, 0) is 68.4 Å². The maximum Gasteiger partial charge on any atom is 0.257 e. The van der Waals surface area contributed by atoms with E-state index in [0.29, 0.717) is 24.0 Å². The number of carbonyl (C=O) groups is 2. The Morgan fingerprint density at radius 2 is 1.97 bits per heavy atom. The van der Waals surface area contributed by atoms with Gasteiger partial charge < -0.3 is 15.0 Å². The van der Waals surface area contributed by atoms with Crippen molar-refractivity contribution in [3.8, 4) is 5.75 Å². The molecule has 33 heavy (non-hydrogen) atoms. The fourth-order valence-corrected chi connectivity index (χ4v) is 4.10. The van der Waals surface area contributed by atoms with Crippen LogP contribution in [0.3, 0.4) is 0 Å². The molecule has 2 aromatic carbocycles. The van der Waals surface area contributed by atoms with Crippen LogP contribution in [0.5, 0.6) is 5.75 Å². The highest BCUT2D eigenvalue weighted by molar-refractivity contribution is 7.80. The summed E-state index contributed by atoms with van der Waals surface area (Å²) in [4.78, 5) is 29.1. The number of unbranched alkanes of at least 4 members (excludes halogenated alkanes) is 1. The lowest BCUT2D eigenvalue weighted by atomic mass is 10.1. The highest BCUT2D eigenvalue weighted by Gasteiger charge is 2.43. The van der Waals surface area contributed by atoms with Crippen molar-refractivity contribution in [2.75, 3.05) is 23.4 Å². The van der Waals surface area contributed by atoms with Crippen LogP contribution in [0.25, 0.3) is 0 Å². The molecule has 1 aliphatic heterocycles. The van der Waals surface area contributed by atoms with Crippen molar-refractivity contribution >= 4 is 40.5 Å². The SMILES string of the molecule is C=CCN(C(=S)Nc1ccc(C)cc1C)C1CC(=O)N(c2ccc(OCCCC)cc2)C1=O. The lowest BCUT2D eigenvalue weighted by molar-refractivity contribution is -0.122. The van der Waals surface area contributed by atoms with Gasteiger partial charge in [0.15, 0.2) is 5.11 Å². The number of nitrogens with zero attached hydrogens (tertiary/aromatic N) is 2. The van der Waals surface area contributed by atoms with Crippen LogP contribution in [-0.4, -0.2) is 41.0 Å². The smallest absolute Gasteiger partial charge is 0.257 e. The van der Waals surface area contributed by atoms with E-state index in [1.807, 2.05) is 26.0 Å². The Bertz CT molecular complexity index is 1040. The van der Waals surface area contributed by atoms with E-state index in [2.05, 4.69) is 24.9 Å². The van der Waals surface area contributed by atoms with E-state index in [9.17, 15) is 9.59 Å². The predicted molar refractivity (Wildman–Crippen MR) is 137 cm³/mol. The van der Waals surface area contributed by atoms with Crippen LogP contribution >= 0.6 is 12.2 Å². The summed E-state index contributed by atoms with van der Waals surface area (Å²) < 4.78 is 5.68. The summed E-state index contributed by atoms with van der Waals surface area (Å²) in [6, 6.07) is 12.4. The van der Waals surface area contributed by atoms with Crippen molar-refractivity contribution < 1.29 is 14.3 Å². The molecule has 0 radical (unpaired) electrons. The Balaban J connectivity index is 1.75. The Hall–Kier alpha value is -3.19. The lowest BCUT2D eigenvalue weighted by Gasteiger charge is -2.29. The van der Waals surface area contributed by atoms with E-state index >= 15 is 0 Å². The number of carbonyl (C=O) groups excluding carboxylic acids is 2. The largest absolute Gasteiger partial charge is 0.494 e. The summed E-state index contributed by atoms with van der Waals surface area (Å²) in [5, 5.41) is 3.62. The second kappa shape index (κ2) is 11.1. The number of amides is 2. The van der Waals surface area contributed by atoms with Crippen molar-refractivity contribution in [1.29, 1.82) is 0 Å². The molecule has 1 unspecified atom stereocenters. The molecule has 0 bridgehead atoms. The van der Waals surface area contributed by atoms with Gasteiger partial charge >= 0.3 is 0 Å². The van der Waals surface area contributed by atoms with Crippen LogP contribution in [0, 0.1) is 13.8 Å². The molecule has 6 nitrogen and oxygen atoms in total. The molecular weight excluding hydrogens is 434 g/mol. The molecule has 1 N–H and O–H groups in total. The fourth-order valence-electron chi connectivity index (χ4n) is 3.79. The first kappa shape index (κ1) is 24.5. The molecule has 174 valence electrons. The monoisotopic (exact) mass is 465 g/mol. The van der Waals surface area contributed by atoms with E-state index < -0.39 is 6.04 Å². The zero-order valence-corrected chi connectivity index (χ0v) is 20.3. The molecule has 0 aromatic heterocycles. The van der Waals surface area contributed by atoms with Gasteiger partial charge in [-0.1, -0.05) is 37.1 Å². The summed E-state index contributed by atoms with van der Waals surface area (Å²) in [6.45, 7) is 10.9. The van der Waals surface area contributed by atoms with Gasteiger partial charge in [0.25, 0.3) is 5.91 Å². The molecule has 1 aliphatic rings. The topological polar surface area (TPSA) is 61.9 Å². The van der Waals surface area contributed by atoms with Gasteiger partial charge in [-0.25, -0.2) is 4.90 Å². The Morgan fingerprint density at radius 3 is 2.61 bits per heavy atom. The minimum atomic E-state index is -0.693. The Kier molecular flexibility index (Phi) is 8.22. The number of imide groups is 1. The Morgan fingerprint density at radius 1 is 1.24 bits per heavy atom. The van der Waals surface area contributed by atoms with Gasteiger partial charge in [0.05, 0.1) is 18.7 Å². The van der Waals surface area contributed by atoms with Crippen LogP contribution in [0.4, 0.5) is 11.4 Å². The maximum atomic E-state index is 13.3. The van der Waals surface area contributed by atoms with Crippen LogP contribution in [-0.2, 0) is 9.59 Å². The van der Waals surface area contributed by atoms with Gasteiger partial charge in [-0.3, -0.25) is 9.59 Å². The lowest BCUT2D eigenvalue weighted by Crippen LogP contribution is -2.47. The normalized spacial score (nSPS) is 15.5. The van der Waals surface area contributed by atoms with Crippen molar-refractivity contribution in [2.45, 2.75) is 46.1 Å². The number of rotatable bonds is 9. The summed E-state index contributed by atoms with van der Waals surface area (Å²) in [6.07, 6.45) is 3.76. The van der Waals surface area contributed by atoms with Crippen LogP contribution in [0.1, 0.15) is 37.3 Å². The van der Waals surface area contributed by atoms with Gasteiger partial charge in [0, 0.05) is 12.2 Å². The number of hydrogen-bond donors (Lipinski definition) is 1. The van der Waals surface area contributed by atoms with Crippen LogP contribution in [0.2, 0.25) is 0 Å². The molecule has 0 saturated carbocycles. The zero-order chi connectivity index (χ0) is 24.0. The van der Waals surface area contributed by atoms with E-state index in [4.69, 9.17) is 17.0 Å². The Labute approximate surface area is 201 Å². The van der Waals surface area contributed by atoms with Crippen molar-refractivity contribution in [3.63, 3.8) is 0 Å². The van der Waals surface area contributed by atoms with E-state index in [1.165, 1.54) is 4.90 Å². The van der Waals surface area contributed by atoms with Crippen molar-refractivity contribution in [1.82, 2.24) is 4.90 Å². The van der Waals surface area contributed by atoms with Crippen molar-refractivity contribution in [2.24, 2.45) is 0 Å². The molecule has 0 spiro atoms. The molecule has 3 rings (SSSR count). The number of ether oxygens (including phenoxy) is 1. The minimum Gasteiger partial charge on any atom is -0.494 e. The average molecular weight is 466 g/mol. The molecule has 1 saturated heterocycles. The van der Waals surface area contributed by atoms with E-state index in [0.717, 1.165) is 35.4 Å². The van der Waals surface area contributed by atoms with E-state index in [1.54, 1.807) is 35.2 Å². The first-order valence-electron chi connectivity index (χ1n) is 11.2. The second-order valence-corrected chi connectivity index (χ2v) is 8.56. The molecule has 1 heterocycles. The third-order valence-corrected chi connectivity index (χ3v) is 5.91. The van der Waals surface area contributed by atoms with Crippen LogP contribution < -0.4 is 15.0 Å². The van der Waals surface area contributed by atoms with Crippen LogP contribution in [0.15, 0.2) is 55.1 Å². The zero-order valence-electron chi connectivity index (χ0n) is 19.5. The number of nitrogens with one attached hydrogen (secondary N) is 1. The molecule has 2 aromatic rings. The van der Waals surface area contributed by atoms with Gasteiger partial charge in [-0.2, -0.15) is 0 Å². The predicted octanol–water partition coefficient (Wildman–Crippen LogP) is 5.00. The fraction of sp³-hybridized carbons (Fsp3) is 0.346. The highest BCUT2D eigenvalue weighted by atomic mass is 32.1. The number of anilines is 2. The number of aryl methyl sites for hydroxylation is 2. The highest BCUT2D eigenvalue weighted by Crippen LogP contribution is 2.28. The number of hydrogen-bond acceptors (Lipinski definition) is 4. The quantitative estimate of drug-likeness (QED) is 0.243. The molecule has 0 aliphatic carbocycles. The maximum absolute atomic E-state index is 13.3. The molecule has 1 atom stereocenters. The van der Waals surface area contributed by atoms with Gasteiger partial charge in [-0.15, -0.1) is 6.58 Å². The van der Waals surface area contributed by atoms with Crippen molar-refractivity contribution in [3.05, 3.63) is 66.2 Å². The molecule has 2 amide bonds. The summed E-state index contributed by atoms with van der Waals surface area (Å²) in [5.74, 6) is 0.161. The minimum absolute atomic E-state index is 0.0517. The van der Waals surface area contributed by atoms with E-state index in [-0.39, 0.29) is 18.2 Å². The molecule has 7 heteroatoms. The standard InChI is InChI=1S/C26H31N3O3S/c1-5-7-15-32-21-11-9-20(10-12-21)29-24(30)17-23(25(29)31)28(14-6-2)26(33)27-22-13-8-18(3)16-19(22)4/h6,8-13,16,23H,2,5,7,14-15,17H2,1,3-4H3,(H,27,33). The number of benzene rings is 2. The summed E-state index contributed by atoms with van der Waals surface area (Å²) in [5.41, 5.74) is 3.60. The average Bonchev–Trinajstić information content (AvgIpc) is 3.08.